The van der Waals surface area contributed by atoms with Gasteiger partial charge in [-0.05, 0) is 31.3 Å². The van der Waals surface area contributed by atoms with Gasteiger partial charge in [0.1, 0.15) is 10.6 Å². The van der Waals surface area contributed by atoms with E-state index < -0.39 is 0 Å². The maximum Gasteiger partial charge on any atom is 0.257 e. The monoisotopic (exact) mass is 548 g/mol. The van der Waals surface area contributed by atoms with E-state index in [-0.39, 0.29) is 36.5 Å². The van der Waals surface area contributed by atoms with Gasteiger partial charge in [-0.15, -0.1) is 24.8 Å². The first-order valence-corrected chi connectivity index (χ1v) is 11.4. The third-order valence-corrected chi connectivity index (χ3v) is 6.00. The number of aromatic nitrogens is 2. The van der Waals surface area contributed by atoms with Gasteiger partial charge in [0.15, 0.2) is 10.9 Å². The first-order valence-electron chi connectivity index (χ1n) is 10.6. The van der Waals surface area contributed by atoms with E-state index in [0.717, 1.165) is 23.6 Å². The third-order valence-electron chi connectivity index (χ3n) is 5.03. The number of pyridine rings is 1. The molecule has 1 amide bonds. The van der Waals surface area contributed by atoms with Crippen LogP contribution in [-0.4, -0.2) is 53.9 Å². The Balaban J connectivity index is 0.00000228. The van der Waals surface area contributed by atoms with Gasteiger partial charge in [-0.2, -0.15) is 0 Å². The second-order valence-corrected chi connectivity index (χ2v) is 8.59. The van der Waals surface area contributed by atoms with E-state index in [2.05, 4.69) is 20.2 Å². The molecule has 0 fully saturated rings. The number of halogens is 2. The lowest BCUT2D eigenvalue weighted by Crippen LogP contribution is -2.23. The van der Waals surface area contributed by atoms with Crippen molar-refractivity contribution >= 4 is 53.0 Å². The predicted octanol–water partition coefficient (Wildman–Crippen LogP) is 5.20. The van der Waals surface area contributed by atoms with Crippen molar-refractivity contribution in [3.63, 3.8) is 0 Å². The molecule has 1 aromatic carbocycles. The number of thiazole rings is 1. The number of carbonyl (C=O) groups is 2. The third kappa shape index (κ3) is 7.22. The van der Waals surface area contributed by atoms with Crippen molar-refractivity contribution < 1.29 is 18.7 Å². The van der Waals surface area contributed by atoms with Crippen molar-refractivity contribution in [2.75, 3.05) is 32.6 Å². The van der Waals surface area contributed by atoms with Crippen LogP contribution >= 0.6 is 36.2 Å². The number of hydrogen-bond donors (Lipinski definition) is 1. The van der Waals surface area contributed by atoms with Crippen LogP contribution in [0.1, 0.15) is 31.3 Å². The molecule has 1 N–H and O–H groups in total. The van der Waals surface area contributed by atoms with Crippen LogP contribution in [0.15, 0.2) is 71.5 Å². The number of nitrogens with one attached hydrogen (secondary N) is 1. The largest absolute Gasteiger partial charge is 0.463 e. The van der Waals surface area contributed by atoms with Crippen LogP contribution in [-0.2, 0) is 11.3 Å². The van der Waals surface area contributed by atoms with Crippen LogP contribution in [0.2, 0.25) is 0 Å². The number of nitrogens with zero attached hydrogens (tertiary/aromatic N) is 3. The maximum absolute atomic E-state index is 13.1. The highest BCUT2D eigenvalue weighted by Crippen LogP contribution is 2.33. The van der Waals surface area contributed by atoms with Crippen LogP contribution in [0, 0.1) is 0 Å². The highest BCUT2D eigenvalue weighted by Gasteiger charge is 2.23. The molecule has 0 saturated carbocycles. The molecule has 190 valence electrons. The summed E-state index contributed by atoms with van der Waals surface area (Å²) in [6.07, 6.45) is 3.13. The van der Waals surface area contributed by atoms with Crippen molar-refractivity contribution in [2.24, 2.45) is 0 Å². The second kappa shape index (κ2) is 13.9. The van der Waals surface area contributed by atoms with Gasteiger partial charge in [0, 0.05) is 37.5 Å². The summed E-state index contributed by atoms with van der Waals surface area (Å²) in [4.78, 5) is 37.4. The van der Waals surface area contributed by atoms with E-state index >= 15 is 0 Å². The molecule has 11 heteroatoms. The molecule has 0 unspecified atom stereocenters. The number of likely N-dealkylation sites (N-methyl/N-ethyl adjacent to an activating group) is 1. The zero-order chi connectivity index (χ0) is 23.9. The average Bonchev–Trinajstić information content (AvgIpc) is 3.53. The Morgan fingerprint density at radius 1 is 1.08 bits per heavy atom. The lowest BCUT2D eigenvalue weighted by Gasteiger charge is -2.15. The Hall–Kier alpha value is -3.08. The molecule has 0 atom stereocenters. The van der Waals surface area contributed by atoms with Gasteiger partial charge >= 0.3 is 0 Å². The minimum absolute atomic E-state index is 0. The summed E-state index contributed by atoms with van der Waals surface area (Å²) in [5.74, 6) is -0.0572. The number of benzene rings is 1. The summed E-state index contributed by atoms with van der Waals surface area (Å²) in [7, 11) is 3.62. The number of anilines is 1. The predicted molar refractivity (Wildman–Crippen MR) is 145 cm³/mol. The van der Waals surface area contributed by atoms with E-state index in [4.69, 9.17) is 9.15 Å². The van der Waals surface area contributed by atoms with E-state index in [1.807, 2.05) is 13.1 Å². The fourth-order valence-electron chi connectivity index (χ4n) is 3.31. The first kappa shape index (κ1) is 29.2. The Bertz CT molecular complexity index is 1270. The number of ether oxygens (including phenoxy) is 1. The van der Waals surface area contributed by atoms with Crippen LogP contribution in [0.3, 0.4) is 0 Å². The molecule has 0 bridgehead atoms. The molecule has 4 aromatic rings. The normalized spacial score (nSPS) is 10.4. The molecule has 0 aliphatic carbocycles. The fraction of sp³-hybridized carbons (Fsp3) is 0.200. The Morgan fingerprint density at radius 3 is 2.56 bits per heavy atom. The minimum atomic E-state index is -0.332. The van der Waals surface area contributed by atoms with Crippen LogP contribution in [0.5, 0.6) is 0 Å². The summed E-state index contributed by atoms with van der Waals surface area (Å²) in [5, 5.41) is 3.13. The number of ketones is 1. The topological polar surface area (TPSA) is 97.6 Å². The number of methoxy groups -OCH3 is 1. The Labute approximate surface area is 225 Å². The Morgan fingerprint density at radius 2 is 1.86 bits per heavy atom. The number of carbonyl (C=O) groups excluding carboxylic acids is 2. The molecule has 36 heavy (non-hydrogen) atoms. The molecule has 4 rings (SSSR count). The fourth-order valence-corrected chi connectivity index (χ4v) is 4.23. The lowest BCUT2D eigenvalue weighted by atomic mass is 10.1. The van der Waals surface area contributed by atoms with Crippen LogP contribution in [0.4, 0.5) is 5.13 Å². The highest BCUT2D eigenvalue weighted by atomic mass is 35.5. The van der Waals surface area contributed by atoms with Crippen molar-refractivity contribution in [2.45, 2.75) is 6.54 Å². The molecule has 0 saturated heterocycles. The standard InChI is InChI=1S/C25H24N4O4S.2ClH/c1-29(12-14-32-2)16-19-15-18(10-11-26-19)24(31)28-25-27-21(20-9-6-13-33-20)23(34-25)22(30)17-7-4-3-5-8-17;;/h3-11,13,15H,12,14,16H2,1-2H3,(H,27,28,31);2*1H. The Kier molecular flexibility index (Phi) is 11.2. The number of rotatable bonds is 10. The number of hydrogen-bond acceptors (Lipinski definition) is 8. The zero-order valence-electron chi connectivity index (χ0n) is 19.7. The van der Waals surface area contributed by atoms with Gasteiger partial charge in [-0.25, -0.2) is 4.98 Å². The van der Waals surface area contributed by atoms with Gasteiger partial charge in [0.05, 0.1) is 18.6 Å². The molecular weight excluding hydrogens is 523 g/mol. The molecule has 0 aliphatic heterocycles. The zero-order valence-corrected chi connectivity index (χ0v) is 22.1. The first-order chi connectivity index (χ1) is 16.5. The molecule has 3 aromatic heterocycles. The van der Waals surface area contributed by atoms with Gasteiger partial charge in [0.25, 0.3) is 5.91 Å². The van der Waals surface area contributed by atoms with Gasteiger partial charge in [-0.3, -0.25) is 24.8 Å². The van der Waals surface area contributed by atoms with Crippen molar-refractivity contribution in [3.05, 3.63) is 88.8 Å². The van der Waals surface area contributed by atoms with E-state index in [9.17, 15) is 9.59 Å². The number of furan rings is 1. The molecule has 8 nitrogen and oxygen atoms in total. The van der Waals surface area contributed by atoms with Crippen LogP contribution < -0.4 is 5.32 Å². The van der Waals surface area contributed by atoms with Crippen molar-refractivity contribution in [3.8, 4) is 11.5 Å². The average molecular weight is 549 g/mol. The number of amides is 1. The van der Waals surface area contributed by atoms with E-state index in [1.54, 1.807) is 61.8 Å². The smallest absolute Gasteiger partial charge is 0.257 e. The molecule has 0 aliphatic rings. The summed E-state index contributed by atoms with van der Waals surface area (Å²) >= 11 is 1.12. The minimum Gasteiger partial charge on any atom is -0.463 e. The molecule has 3 heterocycles. The summed E-state index contributed by atoms with van der Waals surface area (Å²) in [5.41, 5.74) is 2.15. The quantitative estimate of drug-likeness (QED) is 0.272. The van der Waals surface area contributed by atoms with Crippen molar-refractivity contribution in [1.82, 2.24) is 14.9 Å². The SMILES string of the molecule is COCCN(C)Cc1cc(C(=O)Nc2nc(-c3ccco3)c(C(=O)c3ccccc3)s2)ccn1.Cl.Cl. The summed E-state index contributed by atoms with van der Waals surface area (Å²) < 4.78 is 10.6. The van der Waals surface area contributed by atoms with E-state index in [1.165, 1.54) is 6.26 Å². The maximum atomic E-state index is 13.1. The van der Waals surface area contributed by atoms with Gasteiger partial charge in [0.2, 0.25) is 5.78 Å². The lowest BCUT2D eigenvalue weighted by molar-refractivity contribution is 0.102. The van der Waals surface area contributed by atoms with Crippen molar-refractivity contribution in [1.29, 1.82) is 0 Å². The molecule has 0 radical (unpaired) electrons. The second-order valence-electron chi connectivity index (χ2n) is 7.59. The highest BCUT2D eigenvalue weighted by molar-refractivity contribution is 7.18. The molecular formula is C25H26Cl2N4O4S. The van der Waals surface area contributed by atoms with Gasteiger partial charge in [-0.1, -0.05) is 41.7 Å². The van der Waals surface area contributed by atoms with Crippen LogP contribution in [0.25, 0.3) is 11.5 Å². The summed E-state index contributed by atoms with van der Waals surface area (Å²) in [6, 6.07) is 15.8. The molecule has 0 spiro atoms. The summed E-state index contributed by atoms with van der Waals surface area (Å²) in [6.45, 7) is 1.95. The van der Waals surface area contributed by atoms with E-state index in [0.29, 0.717) is 45.7 Å². The van der Waals surface area contributed by atoms with Gasteiger partial charge < -0.3 is 9.15 Å².